The van der Waals surface area contributed by atoms with Crippen LogP contribution in [0.25, 0.3) is 0 Å². The standard InChI is InChI=1S/C28H31BrN2O4/c1-3-13-31-14-12-27-24-18-8-9-21(32)25(24)35-26(27)20(10-11-28(27,34)22(31)15-18)30(2)23(33)16-17-6-4-5-7-19(17)29/h3-9,20,22,26,32,34H,1,10-16H2,2H3/t20?,22-,26?,27+,28-/m1/s1. The Bertz CT molecular complexity index is 1220. The fourth-order valence-electron chi connectivity index (χ4n) is 7.50. The van der Waals surface area contributed by atoms with Gasteiger partial charge in [0.15, 0.2) is 11.5 Å². The number of rotatable bonds is 5. The summed E-state index contributed by atoms with van der Waals surface area (Å²) in [6.07, 6.45) is 4.43. The average Bonchev–Trinajstić information content (AvgIpc) is 3.19. The predicted octanol–water partition coefficient (Wildman–Crippen LogP) is 3.56. The van der Waals surface area contributed by atoms with Gasteiger partial charge in [0, 0.05) is 29.7 Å². The fourth-order valence-corrected chi connectivity index (χ4v) is 7.93. The van der Waals surface area contributed by atoms with E-state index in [0.717, 1.165) is 34.3 Å². The number of ether oxygens (including phenoxy) is 1. The number of phenolic OH excluding ortho intramolecular Hbond substituents is 1. The number of aliphatic hydroxyl groups is 1. The van der Waals surface area contributed by atoms with E-state index in [-0.39, 0.29) is 30.2 Å². The third-order valence-corrected chi connectivity index (χ3v) is 9.87. The SMILES string of the molecule is C=CCN1CC[C@]23c4c5ccc(O)c4OC2C(N(C)C(=O)Cc2ccccc2Br)CC[C@@]3(O)[C@H]1C5. The number of hydrogen-bond donors (Lipinski definition) is 2. The highest BCUT2D eigenvalue weighted by Crippen LogP contribution is 2.65. The number of carbonyl (C=O) groups excluding carboxylic acids is 1. The van der Waals surface area contributed by atoms with Crippen LogP contribution in [0.5, 0.6) is 11.5 Å². The predicted molar refractivity (Wildman–Crippen MR) is 137 cm³/mol. The number of nitrogens with zero attached hydrogens (tertiary/aromatic N) is 2. The highest BCUT2D eigenvalue weighted by atomic mass is 79.9. The third-order valence-electron chi connectivity index (χ3n) is 9.10. The first-order valence-corrected chi connectivity index (χ1v) is 13.2. The molecule has 0 radical (unpaired) electrons. The van der Waals surface area contributed by atoms with E-state index in [9.17, 15) is 15.0 Å². The molecule has 2 bridgehead atoms. The number of likely N-dealkylation sites (N-methyl/N-ethyl adjacent to an activating group) is 1. The van der Waals surface area contributed by atoms with Gasteiger partial charge in [-0.2, -0.15) is 0 Å². The number of amides is 1. The van der Waals surface area contributed by atoms with Crippen LogP contribution in [0.4, 0.5) is 0 Å². The second-order valence-electron chi connectivity index (χ2n) is 10.5. The zero-order valence-electron chi connectivity index (χ0n) is 19.9. The molecule has 1 saturated carbocycles. The Kier molecular flexibility index (Phi) is 5.33. The minimum absolute atomic E-state index is 0.0178. The minimum atomic E-state index is -0.992. The number of phenols is 1. The molecule has 2 aromatic rings. The Hall–Kier alpha value is -2.35. The van der Waals surface area contributed by atoms with Gasteiger partial charge in [0.25, 0.3) is 0 Å². The van der Waals surface area contributed by atoms with Gasteiger partial charge in [-0.15, -0.1) is 6.58 Å². The van der Waals surface area contributed by atoms with Crippen LogP contribution >= 0.6 is 15.9 Å². The van der Waals surface area contributed by atoms with Crippen molar-refractivity contribution in [1.29, 1.82) is 0 Å². The smallest absolute Gasteiger partial charge is 0.227 e. The van der Waals surface area contributed by atoms with Crippen molar-refractivity contribution in [3.05, 3.63) is 70.2 Å². The molecule has 184 valence electrons. The summed E-state index contributed by atoms with van der Waals surface area (Å²) in [5.41, 5.74) is 1.40. The topological polar surface area (TPSA) is 73.2 Å². The quantitative estimate of drug-likeness (QED) is 0.569. The van der Waals surface area contributed by atoms with Gasteiger partial charge >= 0.3 is 0 Å². The Morgan fingerprint density at radius 2 is 2.11 bits per heavy atom. The Morgan fingerprint density at radius 3 is 2.89 bits per heavy atom. The van der Waals surface area contributed by atoms with Crippen molar-refractivity contribution >= 4 is 21.8 Å². The minimum Gasteiger partial charge on any atom is -0.504 e. The van der Waals surface area contributed by atoms with E-state index in [2.05, 4.69) is 27.4 Å². The lowest BCUT2D eigenvalue weighted by Gasteiger charge is -2.64. The summed E-state index contributed by atoms with van der Waals surface area (Å²) >= 11 is 3.56. The van der Waals surface area contributed by atoms with Crippen LogP contribution in [-0.4, -0.2) is 69.8 Å². The summed E-state index contributed by atoms with van der Waals surface area (Å²) in [6, 6.07) is 11.2. The van der Waals surface area contributed by atoms with Gasteiger partial charge in [-0.3, -0.25) is 9.69 Å². The van der Waals surface area contributed by atoms with E-state index in [1.54, 1.807) is 6.07 Å². The second-order valence-corrected chi connectivity index (χ2v) is 11.4. The van der Waals surface area contributed by atoms with Crippen LogP contribution in [0.15, 0.2) is 53.5 Å². The zero-order valence-corrected chi connectivity index (χ0v) is 21.5. The first-order chi connectivity index (χ1) is 16.8. The van der Waals surface area contributed by atoms with Crippen molar-refractivity contribution in [2.45, 2.75) is 61.3 Å². The van der Waals surface area contributed by atoms with Crippen molar-refractivity contribution < 1.29 is 19.7 Å². The van der Waals surface area contributed by atoms with Crippen molar-refractivity contribution in [3.8, 4) is 11.5 Å². The van der Waals surface area contributed by atoms with Crippen LogP contribution in [-0.2, 0) is 23.1 Å². The first-order valence-electron chi connectivity index (χ1n) is 12.4. The number of halogens is 1. The molecule has 2 aliphatic heterocycles. The first kappa shape index (κ1) is 23.1. The summed E-state index contributed by atoms with van der Waals surface area (Å²) in [5.74, 6) is 0.632. The van der Waals surface area contributed by atoms with Gasteiger partial charge in [0.1, 0.15) is 6.10 Å². The van der Waals surface area contributed by atoms with Crippen molar-refractivity contribution in [1.82, 2.24) is 9.80 Å². The van der Waals surface area contributed by atoms with Gasteiger partial charge in [0.05, 0.1) is 23.5 Å². The molecule has 2 N–H and O–H groups in total. The Balaban J connectivity index is 1.41. The summed E-state index contributed by atoms with van der Waals surface area (Å²) in [5, 5.41) is 23.2. The second kappa shape index (κ2) is 8.08. The van der Waals surface area contributed by atoms with Crippen LogP contribution in [0, 0.1) is 0 Å². The maximum atomic E-state index is 13.5. The molecule has 35 heavy (non-hydrogen) atoms. The van der Waals surface area contributed by atoms with Crippen molar-refractivity contribution in [3.63, 3.8) is 0 Å². The normalized spacial score (nSPS) is 32.5. The van der Waals surface area contributed by atoms with E-state index in [1.807, 2.05) is 48.4 Å². The van der Waals surface area contributed by atoms with Gasteiger partial charge in [-0.05, 0) is 55.5 Å². The molecule has 2 aliphatic carbocycles. The zero-order chi connectivity index (χ0) is 24.5. The molecule has 5 atom stereocenters. The lowest BCUT2D eigenvalue weighted by molar-refractivity contribution is -0.198. The fraction of sp³-hybridized carbons (Fsp3) is 0.464. The highest BCUT2D eigenvalue weighted by molar-refractivity contribution is 9.10. The lowest BCUT2D eigenvalue weighted by Crippen LogP contribution is -2.78. The summed E-state index contributed by atoms with van der Waals surface area (Å²) in [7, 11) is 1.85. The summed E-state index contributed by atoms with van der Waals surface area (Å²) in [6.45, 7) is 5.47. The monoisotopic (exact) mass is 538 g/mol. The van der Waals surface area contributed by atoms with Gasteiger partial charge in [-0.1, -0.05) is 46.3 Å². The maximum Gasteiger partial charge on any atom is 0.227 e. The molecule has 4 aliphatic rings. The van der Waals surface area contributed by atoms with E-state index < -0.39 is 17.1 Å². The molecule has 2 aromatic carbocycles. The number of hydrogen-bond acceptors (Lipinski definition) is 5. The van der Waals surface area contributed by atoms with Gasteiger partial charge in [0.2, 0.25) is 5.91 Å². The van der Waals surface area contributed by atoms with Crippen molar-refractivity contribution in [2.24, 2.45) is 0 Å². The molecular weight excluding hydrogens is 508 g/mol. The Morgan fingerprint density at radius 1 is 1.31 bits per heavy atom. The molecule has 6 nitrogen and oxygen atoms in total. The molecule has 2 heterocycles. The summed E-state index contributed by atoms with van der Waals surface area (Å²) in [4.78, 5) is 17.6. The molecule has 7 heteroatoms. The Labute approximate surface area is 214 Å². The number of piperidine rings is 1. The van der Waals surface area contributed by atoms with E-state index in [0.29, 0.717) is 31.4 Å². The molecule has 1 amide bonds. The molecule has 6 rings (SSSR count). The van der Waals surface area contributed by atoms with E-state index >= 15 is 0 Å². The molecule has 0 aromatic heterocycles. The number of carbonyl (C=O) groups is 1. The van der Waals surface area contributed by atoms with Crippen LogP contribution in [0.3, 0.4) is 0 Å². The number of benzene rings is 2. The molecule has 1 spiro atoms. The molecule has 1 saturated heterocycles. The van der Waals surface area contributed by atoms with Crippen LogP contribution < -0.4 is 4.74 Å². The number of aromatic hydroxyl groups is 1. The van der Waals surface area contributed by atoms with Gasteiger partial charge < -0.3 is 19.8 Å². The van der Waals surface area contributed by atoms with Gasteiger partial charge in [-0.25, -0.2) is 0 Å². The van der Waals surface area contributed by atoms with Crippen LogP contribution in [0.2, 0.25) is 0 Å². The highest BCUT2D eigenvalue weighted by Gasteiger charge is 2.73. The van der Waals surface area contributed by atoms with Crippen molar-refractivity contribution in [2.75, 3.05) is 20.1 Å². The third kappa shape index (κ3) is 3.04. The lowest BCUT2D eigenvalue weighted by atomic mass is 9.48. The molecule has 2 fully saturated rings. The summed E-state index contributed by atoms with van der Waals surface area (Å²) < 4.78 is 7.49. The molecule has 2 unspecified atom stereocenters. The number of likely N-dealkylation sites (tertiary alicyclic amines) is 1. The van der Waals surface area contributed by atoms with Crippen LogP contribution in [0.1, 0.15) is 36.0 Å². The molecular formula is C28H31BrN2O4. The average molecular weight is 539 g/mol. The largest absolute Gasteiger partial charge is 0.504 e. The van der Waals surface area contributed by atoms with E-state index in [4.69, 9.17) is 4.74 Å². The van der Waals surface area contributed by atoms with E-state index in [1.165, 1.54) is 0 Å². The maximum absolute atomic E-state index is 13.5.